The molecule has 1 fully saturated rings. The van der Waals surface area contributed by atoms with Gasteiger partial charge in [0.25, 0.3) is 0 Å². The van der Waals surface area contributed by atoms with E-state index in [1.165, 1.54) is 6.20 Å². The van der Waals surface area contributed by atoms with E-state index in [0.717, 1.165) is 31.4 Å². The molecular formula is C13H24N4O2S2. The number of rotatable bonds is 8. The van der Waals surface area contributed by atoms with Gasteiger partial charge in [0.2, 0.25) is 10.0 Å². The van der Waals surface area contributed by atoms with E-state index in [1.54, 1.807) is 10.9 Å². The van der Waals surface area contributed by atoms with Gasteiger partial charge in [-0.25, -0.2) is 13.1 Å². The van der Waals surface area contributed by atoms with Gasteiger partial charge in [-0.1, -0.05) is 6.92 Å². The number of aromatic nitrogens is 2. The zero-order valence-corrected chi connectivity index (χ0v) is 14.0. The molecule has 1 aliphatic rings. The molecule has 1 aliphatic carbocycles. The van der Waals surface area contributed by atoms with Crippen LogP contribution in [0.2, 0.25) is 0 Å². The minimum Gasteiger partial charge on any atom is -0.330 e. The van der Waals surface area contributed by atoms with E-state index in [0.29, 0.717) is 18.3 Å². The molecule has 0 amide bonds. The summed E-state index contributed by atoms with van der Waals surface area (Å²) in [5.74, 6) is 1.08. The molecule has 1 aromatic rings. The quantitative estimate of drug-likeness (QED) is 0.746. The van der Waals surface area contributed by atoms with E-state index in [4.69, 9.17) is 5.73 Å². The van der Waals surface area contributed by atoms with Crippen LogP contribution in [-0.2, 0) is 16.6 Å². The molecule has 120 valence electrons. The van der Waals surface area contributed by atoms with E-state index in [-0.39, 0.29) is 10.9 Å². The summed E-state index contributed by atoms with van der Waals surface area (Å²) >= 11 is 1.91. The molecule has 0 aromatic carbocycles. The first kappa shape index (κ1) is 16.8. The smallest absolute Gasteiger partial charge is 0.243 e. The Labute approximate surface area is 130 Å². The van der Waals surface area contributed by atoms with E-state index < -0.39 is 10.0 Å². The van der Waals surface area contributed by atoms with Gasteiger partial charge in [-0.3, -0.25) is 4.68 Å². The first-order valence-corrected chi connectivity index (χ1v) is 9.94. The second-order valence-corrected chi connectivity index (χ2v) is 8.58. The molecule has 2 rings (SSSR count). The van der Waals surface area contributed by atoms with Gasteiger partial charge in [0, 0.05) is 24.0 Å². The summed E-state index contributed by atoms with van der Waals surface area (Å²) < 4.78 is 29.1. The fraction of sp³-hybridized carbons (Fsp3) is 0.769. The molecule has 21 heavy (non-hydrogen) atoms. The van der Waals surface area contributed by atoms with Crippen LogP contribution in [0, 0.1) is 0 Å². The zero-order valence-electron chi connectivity index (χ0n) is 12.4. The Morgan fingerprint density at radius 1 is 1.52 bits per heavy atom. The molecule has 2 unspecified atom stereocenters. The van der Waals surface area contributed by atoms with Crippen molar-refractivity contribution >= 4 is 21.8 Å². The van der Waals surface area contributed by atoms with Gasteiger partial charge in [-0.05, 0) is 38.0 Å². The summed E-state index contributed by atoms with van der Waals surface area (Å²) in [6, 6.07) is 0.0476. The molecule has 3 N–H and O–H groups in total. The Morgan fingerprint density at radius 2 is 2.33 bits per heavy atom. The van der Waals surface area contributed by atoms with Crippen LogP contribution in [0.4, 0.5) is 0 Å². The topological polar surface area (TPSA) is 90.0 Å². The summed E-state index contributed by atoms with van der Waals surface area (Å²) in [5, 5.41) is 4.66. The van der Waals surface area contributed by atoms with Crippen LogP contribution >= 0.6 is 11.8 Å². The largest absolute Gasteiger partial charge is 0.330 e. The predicted molar refractivity (Wildman–Crippen MR) is 85.8 cm³/mol. The van der Waals surface area contributed by atoms with Gasteiger partial charge >= 0.3 is 0 Å². The van der Waals surface area contributed by atoms with Crippen LogP contribution in [0.3, 0.4) is 0 Å². The lowest BCUT2D eigenvalue weighted by Crippen LogP contribution is -2.33. The van der Waals surface area contributed by atoms with Gasteiger partial charge in [0.05, 0.1) is 6.20 Å². The lowest BCUT2D eigenvalue weighted by molar-refractivity contribution is 0.551. The van der Waals surface area contributed by atoms with Crippen LogP contribution in [0.1, 0.15) is 32.6 Å². The number of sulfonamides is 1. The van der Waals surface area contributed by atoms with E-state index in [2.05, 4.69) is 16.7 Å². The fourth-order valence-corrected chi connectivity index (χ4v) is 4.96. The monoisotopic (exact) mass is 332 g/mol. The highest BCUT2D eigenvalue weighted by atomic mass is 32.2. The fourth-order valence-electron chi connectivity index (χ4n) is 2.58. The normalized spacial score (nSPS) is 22.8. The maximum Gasteiger partial charge on any atom is 0.243 e. The lowest BCUT2D eigenvalue weighted by Gasteiger charge is -2.12. The van der Waals surface area contributed by atoms with Gasteiger partial charge in [0.1, 0.15) is 4.90 Å². The SMILES string of the molecule is CCSC1CCC(NS(=O)(=O)c2cnn(CCCN)c2)C1. The van der Waals surface area contributed by atoms with Crippen molar-refractivity contribution in [3.05, 3.63) is 12.4 Å². The lowest BCUT2D eigenvalue weighted by atomic mass is 10.3. The summed E-state index contributed by atoms with van der Waals surface area (Å²) in [7, 11) is -3.46. The average Bonchev–Trinajstić information content (AvgIpc) is 3.06. The van der Waals surface area contributed by atoms with Crippen molar-refractivity contribution in [3.63, 3.8) is 0 Å². The summed E-state index contributed by atoms with van der Waals surface area (Å²) in [6.07, 6.45) is 6.68. The third-order valence-electron chi connectivity index (χ3n) is 3.62. The molecule has 1 saturated carbocycles. The number of hydrogen-bond donors (Lipinski definition) is 2. The first-order chi connectivity index (χ1) is 10.0. The predicted octanol–water partition coefficient (Wildman–Crippen LogP) is 1.18. The second-order valence-electron chi connectivity index (χ2n) is 5.29. The van der Waals surface area contributed by atoms with E-state index in [1.807, 2.05) is 11.8 Å². The second kappa shape index (κ2) is 7.62. The average molecular weight is 332 g/mol. The molecule has 0 bridgehead atoms. The molecule has 6 nitrogen and oxygen atoms in total. The molecule has 0 radical (unpaired) electrons. The highest BCUT2D eigenvalue weighted by molar-refractivity contribution is 7.99. The number of nitrogens with zero attached hydrogens (tertiary/aromatic N) is 2. The highest BCUT2D eigenvalue weighted by Crippen LogP contribution is 2.30. The molecule has 0 spiro atoms. The number of aryl methyl sites for hydroxylation is 1. The van der Waals surface area contributed by atoms with E-state index >= 15 is 0 Å². The molecule has 2 atom stereocenters. The van der Waals surface area contributed by atoms with Gasteiger partial charge in [-0.15, -0.1) is 0 Å². The van der Waals surface area contributed by atoms with Crippen molar-refractivity contribution in [2.75, 3.05) is 12.3 Å². The van der Waals surface area contributed by atoms with Crippen molar-refractivity contribution in [1.82, 2.24) is 14.5 Å². The van der Waals surface area contributed by atoms with Crippen molar-refractivity contribution in [2.24, 2.45) is 5.73 Å². The summed E-state index contributed by atoms with van der Waals surface area (Å²) in [5.41, 5.74) is 5.44. The maximum atomic E-state index is 12.3. The van der Waals surface area contributed by atoms with Crippen molar-refractivity contribution in [3.8, 4) is 0 Å². The Morgan fingerprint density at radius 3 is 3.05 bits per heavy atom. The van der Waals surface area contributed by atoms with Crippen LogP contribution in [0.15, 0.2) is 17.3 Å². The van der Waals surface area contributed by atoms with E-state index in [9.17, 15) is 8.42 Å². The van der Waals surface area contributed by atoms with Gasteiger partial charge in [0.15, 0.2) is 0 Å². The highest BCUT2D eigenvalue weighted by Gasteiger charge is 2.29. The third kappa shape index (κ3) is 4.70. The molecule has 1 aromatic heterocycles. The minimum absolute atomic E-state index is 0.0476. The number of nitrogens with two attached hydrogens (primary N) is 1. The molecule has 1 heterocycles. The summed E-state index contributed by atoms with van der Waals surface area (Å²) in [6.45, 7) is 3.35. The van der Waals surface area contributed by atoms with Gasteiger partial charge in [-0.2, -0.15) is 16.9 Å². The Kier molecular flexibility index (Phi) is 6.09. The van der Waals surface area contributed by atoms with Crippen LogP contribution in [0.5, 0.6) is 0 Å². The molecular weight excluding hydrogens is 308 g/mol. The Bertz CT molecular complexity index is 544. The number of nitrogens with one attached hydrogen (secondary N) is 1. The van der Waals surface area contributed by atoms with Gasteiger partial charge < -0.3 is 5.73 Å². The number of thioether (sulfide) groups is 1. The van der Waals surface area contributed by atoms with Crippen LogP contribution < -0.4 is 10.5 Å². The standard InChI is InChI=1S/C13H24N4O2S2/c1-2-20-12-5-4-11(8-12)16-21(18,19)13-9-15-17(10-13)7-3-6-14/h9-12,16H,2-8,14H2,1H3. The van der Waals surface area contributed by atoms with Crippen molar-refractivity contribution in [1.29, 1.82) is 0 Å². The Balaban J connectivity index is 1.94. The summed E-state index contributed by atoms with van der Waals surface area (Å²) in [4.78, 5) is 0.242. The van der Waals surface area contributed by atoms with Crippen molar-refractivity contribution in [2.45, 2.75) is 55.3 Å². The molecule has 0 saturated heterocycles. The maximum absolute atomic E-state index is 12.3. The molecule has 8 heteroatoms. The van der Waals surface area contributed by atoms with Crippen LogP contribution in [0.25, 0.3) is 0 Å². The first-order valence-electron chi connectivity index (χ1n) is 7.41. The van der Waals surface area contributed by atoms with Crippen LogP contribution in [-0.4, -0.2) is 41.8 Å². The third-order valence-corrected chi connectivity index (χ3v) is 6.33. The minimum atomic E-state index is -3.46. The van der Waals surface area contributed by atoms with Crippen molar-refractivity contribution < 1.29 is 8.42 Å². The Hall–Kier alpha value is -0.570. The zero-order chi connectivity index (χ0) is 15.3. The number of hydrogen-bond acceptors (Lipinski definition) is 5. The molecule has 0 aliphatic heterocycles.